The first-order valence-corrected chi connectivity index (χ1v) is 14.8. The fourth-order valence-electron chi connectivity index (χ4n) is 6.22. The number of aryl methyl sites for hydroxylation is 1. The molecule has 6 aromatic rings. The topological polar surface area (TPSA) is 62.8 Å². The van der Waals surface area contributed by atoms with Crippen LogP contribution in [0.1, 0.15) is 63.9 Å². The van der Waals surface area contributed by atoms with E-state index in [4.69, 9.17) is 9.72 Å². The third kappa shape index (κ3) is 4.14. The van der Waals surface area contributed by atoms with Gasteiger partial charge in [-0.3, -0.25) is 4.98 Å². The highest BCUT2D eigenvalue weighted by Crippen LogP contribution is 2.44. The summed E-state index contributed by atoms with van der Waals surface area (Å²) in [6.07, 6.45) is 5.95. The number of rotatable bonds is 6. The van der Waals surface area contributed by atoms with Crippen LogP contribution >= 0.6 is 0 Å². The van der Waals surface area contributed by atoms with Crippen LogP contribution < -0.4 is 10.1 Å². The number of hydrogen-bond donors (Lipinski definition) is 2. The minimum Gasteiger partial charge on any atom is -0.486 e. The molecule has 0 saturated carbocycles. The zero-order valence-electron chi connectivity index (χ0n) is 24.4. The van der Waals surface area contributed by atoms with Gasteiger partial charge in [0.15, 0.2) is 5.75 Å². The molecule has 0 radical (unpaired) electrons. The third-order valence-electron chi connectivity index (χ3n) is 8.66. The Morgan fingerprint density at radius 2 is 1.68 bits per heavy atom. The maximum absolute atomic E-state index is 6.37. The Bertz CT molecular complexity index is 1950. The second kappa shape index (κ2) is 9.91. The van der Waals surface area contributed by atoms with E-state index < -0.39 is 0 Å². The van der Waals surface area contributed by atoms with Crippen molar-refractivity contribution in [2.75, 3.05) is 5.32 Å². The summed E-state index contributed by atoms with van der Waals surface area (Å²) in [4.78, 5) is 12.8. The number of hydrogen-bond acceptors (Lipinski definition) is 4. The molecule has 1 atom stereocenters. The number of aromatic amines is 1. The van der Waals surface area contributed by atoms with Crippen molar-refractivity contribution in [2.45, 2.75) is 66.0 Å². The van der Waals surface area contributed by atoms with E-state index in [1.54, 1.807) is 0 Å². The summed E-state index contributed by atoms with van der Waals surface area (Å²) in [6.45, 7) is 11.5. The molecule has 4 aromatic carbocycles. The number of aromatic nitrogens is 3. The number of imidazole rings is 1. The summed E-state index contributed by atoms with van der Waals surface area (Å²) in [5, 5.41) is 8.83. The summed E-state index contributed by atoms with van der Waals surface area (Å²) in [5.74, 6) is 2.21. The molecule has 3 heterocycles. The van der Waals surface area contributed by atoms with Gasteiger partial charge in [0.25, 0.3) is 0 Å². The van der Waals surface area contributed by atoms with Gasteiger partial charge in [-0.25, -0.2) is 4.98 Å². The predicted octanol–water partition coefficient (Wildman–Crippen LogP) is 9.39. The van der Waals surface area contributed by atoms with Crippen LogP contribution in [0, 0.1) is 0 Å². The molecule has 7 rings (SSSR count). The largest absolute Gasteiger partial charge is 0.486 e. The molecule has 0 spiro atoms. The molecule has 0 bridgehead atoms. The Kier molecular flexibility index (Phi) is 6.19. The second-order valence-electron chi connectivity index (χ2n) is 11.6. The number of benzene rings is 4. The fourth-order valence-corrected chi connectivity index (χ4v) is 6.22. The zero-order valence-corrected chi connectivity index (χ0v) is 24.4. The van der Waals surface area contributed by atoms with Crippen molar-refractivity contribution in [1.82, 2.24) is 15.0 Å². The van der Waals surface area contributed by atoms with Gasteiger partial charge >= 0.3 is 0 Å². The van der Waals surface area contributed by atoms with Crippen LogP contribution in [0.25, 0.3) is 54.8 Å². The SMILES string of the molecule is CCc1c(NC(C)CC)c2ccc(-c3ccc4c(c3)COc3c-4ccc4[nH]c(C(C)C)nc34)cc2c2ccncc12. The lowest BCUT2D eigenvalue weighted by Gasteiger charge is -2.23. The standard InChI is InChI=1S/C36H36N4O/c1-6-21(5)38-33-25(7-2)31-18-37-15-14-27(31)30-17-23(9-11-28(30)33)22-8-10-26-24(16-22)19-41-35-29(26)12-13-32-34(35)40-36(39-32)20(3)4/h8-18,20-21,38H,6-7,19H2,1-5H3,(H,39,40). The first-order valence-electron chi connectivity index (χ1n) is 14.8. The quantitative estimate of drug-likeness (QED) is 0.207. The van der Waals surface area contributed by atoms with E-state index in [9.17, 15) is 0 Å². The van der Waals surface area contributed by atoms with Crippen molar-refractivity contribution in [1.29, 1.82) is 0 Å². The first-order chi connectivity index (χ1) is 20.0. The maximum Gasteiger partial charge on any atom is 0.155 e. The molecule has 0 aliphatic carbocycles. The van der Waals surface area contributed by atoms with Crippen molar-refractivity contribution in [3.8, 4) is 28.0 Å². The second-order valence-corrected chi connectivity index (χ2v) is 11.6. The number of ether oxygens (including phenoxy) is 1. The number of anilines is 1. The molecule has 2 aromatic heterocycles. The highest BCUT2D eigenvalue weighted by atomic mass is 16.5. The molecule has 1 aliphatic heterocycles. The van der Waals surface area contributed by atoms with Crippen LogP contribution in [0.3, 0.4) is 0 Å². The Balaban J connectivity index is 1.35. The lowest BCUT2D eigenvalue weighted by Crippen LogP contribution is -2.15. The predicted molar refractivity (Wildman–Crippen MR) is 171 cm³/mol. The van der Waals surface area contributed by atoms with E-state index in [1.807, 2.05) is 12.4 Å². The van der Waals surface area contributed by atoms with Crippen LogP contribution in [0.5, 0.6) is 5.75 Å². The van der Waals surface area contributed by atoms with Crippen LogP contribution in [0.4, 0.5) is 5.69 Å². The van der Waals surface area contributed by atoms with Gasteiger partial charge in [0, 0.05) is 46.4 Å². The number of fused-ring (bicyclic) bond motifs is 8. The minimum absolute atomic E-state index is 0.335. The fraction of sp³-hybridized carbons (Fsp3) is 0.278. The Morgan fingerprint density at radius 1 is 0.878 bits per heavy atom. The highest BCUT2D eigenvalue weighted by Gasteiger charge is 2.23. The van der Waals surface area contributed by atoms with E-state index in [-0.39, 0.29) is 0 Å². The molecule has 0 fully saturated rings. The average molecular weight is 541 g/mol. The van der Waals surface area contributed by atoms with E-state index in [2.05, 4.69) is 105 Å². The van der Waals surface area contributed by atoms with Crippen LogP contribution in [-0.4, -0.2) is 21.0 Å². The van der Waals surface area contributed by atoms with E-state index >= 15 is 0 Å². The number of nitrogens with zero attached hydrogens (tertiary/aromatic N) is 2. The van der Waals surface area contributed by atoms with Crippen LogP contribution in [0.15, 0.2) is 67.0 Å². The molecular formula is C36H36N4O. The molecule has 5 heteroatoms. The molecule has 41 heavy (non-hydrogen) atoms. The normalized spacial score (nSPS) is 13.4. The van der Waals surface area contributed by atoms with Crippen molar-refractivity contribution in [3.63, 3.8) is 0 Å². The number of H-pyrrole nitrogens is 1. The summed E-state index contributed by atoms with van der Waals surface area (Å²) in [7, 11) is 0. The van der Waals surface area contributed by atoms with Gasteiger partial charge in [0.1, 0.15) is 17.9 Å². The molecule has 5 nitrogen and oxygen atoms in total. The summed E-state index contributed by atoms with van der Waals surface area (Å²) in [6, 6.07) is 20.5. The van der Waals surface area contributed by atoms with Gasteiger partial charge in [-0.2, -0.15) is 0 Å². The Morgan fingerprint density at radius 3 is 2.49 bits per heavy atom. The lowest BCUT2D eigenvalue weighted by molar-refractivity contribution is 0.305. The van der Waals surface area contributed by atoms with Crippen molar-refractivity contribution in [3.05, 3.63) is 83.9 Å². The van der Waals surface area contributed by atoms with Gasteiger partial charge in [-0.15, -0.1) is 0 Å². The van der Waals surface area contributed by atoms with Crippen molar-refractivity contribution < 1.29 is 4.74 Å². The molecule has 1 unspecified atom stereocenters. The maximum atomic E-state index is 6.37. The monoisotopic (exact) mass is 540 g/mol. The van der Waals surface area contributed by atoms with Gasteiger partial charge in [0.2, 0.25) is 0 Å². The lowest BCUT2D eigenvalue weighted by atomic mass is 9.90. The van der Waals surface area contributed by atoms with E-state index in [1.165, 1.54) is 55.0 Å². The molecular weight excluding hydrogens is 504 g/mol. The summed E-state index contributed by atoms with van der Waals surface area (Å²) >= 11 is 0. The van der Waals surface area contributed by atoms with Gasteiger partial charge < -0.3 is 15.0 Å². The van der Waals surface area contributed by atoms with Gasteiger partial charge in [0.05, 0.1) is 5.52 Å². The molecule has 0 amide bonds. The molecule has 0 saturated heterocycles. The average Bonchev–Trinajstić information content (AvgIpc) is 3.46. The molecule has 1 aliphatic rings. The van der Waals surface area contributed by atoms with E-state index in [0.717, 1.165) is 41.0 Å². The molecule has 2 N–H and O–H groups in total. The van der Waals surface area contributed by atoms with E-state index in [0.29, 0.717) is 18.6 Å². The smallest absolute Gasteiger partial charge is 0.155 e. The number of pyridine rings is 1. The molecule has 206 valence electrons. The van der Waals surface area contributed by atoms with Crippen molar-refractivity contribution in [2.24, 2.45) is 0 Å². The van der Waals surface area contributed by atoms with Crippen LogP contribution in [0.2, 0.25) is 0 Å². The van der Waals surface area contributed by atoms with Gasteiger partial charge in [-0.1, -0.05) is 52.0 Å². The Labute approximate surface area is 241 Å². The van der Waals surface area contributed by atoms with Crippen LogP contribution in [-0.2, 0) is 13.0 Å². The first kappa shape index (κ1) is 25.6. The van der Waals surface area contributed by atoms with Gasteiger partial charge in [-0.05, 0) is 88.7 Å². The third-order valence-corrected chi connectivity index (χ3v) is 8.66. The zero-order chi connectivity index (χ0) is 28.2. The van der Waals surface area contributed by atoms with Crippen molar-refractivity contribution >= 4 is 38.3 Å². The highest BCUT2D eigenvalue weighted by molar-refractivity contribution is 6.16. The minimum atomic E-state index is 0.335. The summed E-state index contributed by atoms with van der Waals surface area (Å²) < 4.78 is 6.37. The Hall–Kier alpha value is -4.38. The summed E-state index contributed by atoms with van der Waals surface area (Å²) in [5.41, 5.74) is 10.4. The number of nitrogens with one attached hydrogen (secondary N) is 2.